The van der Waals surface area contributed by atoms with Crippen molar-refractivity contribution >= 4 is 21.7 Å². The lowest BCUT2D eigenvalue weighted by Gasteiger charge is -2.03. The maximum Gasteiger partial charge on any atom is 0.213 e. The van der Waals surface area contributed by atoms with E-state index in [0.29, 0.717) is 0 Å². The second-order valence-electron chi connectivity index (χ2n) is 4.42. The third-order valence-electron chi connectivity index (χ3n) is 3.25. The normalized spacial score (nSPS) is 10.5. The van der Waals surface area contributed by atoms with E-state index in [9.17, 15) is 0 Å². The van der Waals surface area contributed by atoms with E-state index in [0.717, 1.165) is 13.0 Å². The summed E-state index contributed by atoms with van der Waals surface area (Å²) in [5.41, 5.74) is 1.33. The fraction of sp³-hybridized carbons (Fsp3) is 0.188. The smallest absolute Gasteiger partial charge is 0.213 e. The Hall–Kier alpha value is -1.16. The summed E-state index contributed by atoms with van der Waals surface area (Å²) in [4.78, 5) is 0. The number of hydrogen-bond donors (Lipinski definition) is 0. The highest BCUT2D eigenvalue weighted by atomic mass is 127. The minimum atomic E-state index is 0. The van der Waals surface area contributed by atoms with Gasteiger partial charge in [0.1, 0.15) is 6.54 Å². The van der Waals surface area contributed by atoms with E-state index in [4.69, 9.17) is 0 Å². The van der Waals surface area contributed by atoms with Crippen LogP contribution in [0.25, 0.3) is 21.7 Å². The molecule has 0 saturated carbocycles. The number of hydrogen-bond acceptors (Lipinski definition) is 0. The summed E-state index contributed by atoms with van der Waals surface area (Å²) in [6.07, 6.45) is 3.33. The molecule has 2 heteroatoms. The number of fused-ring (bicyclic) bond motifs is 3. The van der Waals surface area contributed by atoms with Crippen molar-refractivity contribution in [3.8, 4) is 0 Å². The number of halogens is 1. The minimum absolute atomic E-state index is 0. The molecule has 0 fully saturated rings. The Labute approximate surface area is 124 Å². The summed E-state index contributed by atoms with van der Waals surface area (Å²) in [5, 5.41) is 4.00. The molecule has 3 aromatic rings. The van der Waals surface area contributed by atoms with E-state index in [1.807, 2.05) is 0 Å². The van der Waals surface area contributed by atoms with Crippen LogP contribution in [-0.4, -0.2) is 0 Å². The first-order chi connectivity index (χ1) is 8.40. The van der Waals surface area contributed by atoms with Gasteiger partial charge in [0, 0.05) is 18.6 Å². The summed E-state index contributed by atoms with van der Waals surface area (Å²) in [6, 6.07) is 17.4. The second-order valence-corrected chi connectivity index (χ2v) is 4.42. The first kappa shape index (κ1) is 13.3. The highest BCUT2D eigenvalue weighted by Gasteiger charge is 2.09. The van der Waals surface area contributed by atoms with E-state index >= 15 is 0 Å². The van der Waals surface area contributed by atoms with Crippen molar-refractivity contribution in [2.75, 3.05) is 0 Å². The Balaban J connectivity index is 0.00000120. The van der Waals surface area contributed by atoms with E-state index in [1.54, 1.807) is 0 Å². The first-order valence-corrected chi connectivity index (χ1v) is 6.20. The molecule has 18 heavy (non-hydrogen) atoms. The standard InChI is InChI=1S/C16H16N.HI/c1-2-11-17-12-5-8-15-14-7-4-3-6-13(14)9-10-16(15)17;/h3-10,12H,2,11H2,1H3;1H/q+1;/p-1. The summed E-state index contributed by atoms with van der Waals surface area (Å²) in [5.74, 6) is 0. The van der Waals surface area contributed by atoms with Gasteiger partial charge >= 0.3 is 0 Å². The fourth-order valence-electron chi connectivity index (χ4n) is 2.47. The predicted octanol–water partition coefficient (Wildman–Crippen LogP) is 0.695. The molecular formula is C16H16IN. The van der Waals surface area contributed by atoms with Gasteiger partial charge in [-0.15, -0.1) is 0 Å². The zero-order valence-electron chi connectivity index (χ0n) is 10.4. The van der Waals surface area contributed by atoms with Crippen molar-refractivity contribution in [3.05, 3.63) is 54.7 Å². The van der Waals surface area contributed by atoms with E-state index in [-0.39, 0.29) is 24.0 Å². The molecule has 0 amide bonds. The molecule has 0 saturated heterocycles. The lowest BCUT2D eigenvalue weighted by atomic mass is 10.1. The molecular weight excluding hydrogens is 333 g/mol. The first-order valence-electron chi connectivity index (χ1n) is 6.20. The van der Waals surface area contributed by atoms with Gasteiger partial charge in [0.15, 0.2) is 6.20 Å². The molecule has 0 aliphatic rings. The number of rotatable bonds is 2. The maximum absolute atomic E-state index is 2.34. The molecule has 0 aliphatic carbocycles. The van der Waals surface area contributed by atoms with Crippen LogP contribution >= 0.6 is 0 Å². The van der Waals surface area contributed by atoms with Crippen LogP contribution in [0.2, 0.25) is 0 Å². The van der Waals surface area contributed by atoms with Gasteiger partial charge < -0.3 is 24.0 Å². The van der Waals surface area contributed by atoms with Gasteiger partial charge in [0.05, 0.1) is 5.39 Å². The fourth-order valence-corrected chi connectivity index (χ4v) is 2.47. The topological polar surface area (TPSA) is 3.88 Å². The van der Waals surface area contributed by atoms with Crippen molar-refractivity contribution in [1.29, 1.82) is 0 Å². The van der Waals surface area contributed by atoms with Crippen molar-refractivity contribution in [3.63, 3.8) is 0 Å². The van der Waals surface area contributed by atoms with Crippen molar-refractivity contribution in [1.82, 2.24) is 0 Å². The number of benzene rings is 2. The summed E-state index contributed by atoms with van der Waals surface area (Å²) in [6.45, 7) is 3.29. The largest absolute Gasteiger partial charge is 1.00 e. The molecule has 0 aliphatic heterocycles. The lowest BCUT2D eigenvalue weighted by Crippen LogP contribution is -3.00. The molecule has 0 spiro atoms. The van der Waals surface area contributed by atoms with Crippen LogP contribution in [0, 0.1) is 0 Å². The van der Waals surface area contributed by atoms with Crippen molar-refractivity contribution in [2.45, 2.75) is 19.9 Å². The molecule has 0 bridgehead atoms. The second kappa shape index (κ2) is 5.65. The Kier molecular flexibility index (Phi) is 4.17. The summed E-state index contributed by atoms with van der Waals surface area (Å²) < 4.78 is 2.34. The van der Waals surface area contributed by atoms with E-state index < -0.39 is 0 Å². The van der Waals surface area contributed by atoms with Gasteiger partial charge in [0.2, 0.25) is 5.52 Å². The maximum atomic E-state index is 2.34. The van der Waals surface area contributed by atoms with Crippen LogP contribution in [0.5, 0.6) is 0 Å². The van der Waals surface area contributed by atoms with Gasteiger partial charge in [-0.1, -0.05) is 31.2 Å². The Bertz CT molecular complexity index is 676. The van der Waals surface area contributed by atoms with Crippen molar-refractivity contribution < 1.29 is 28.5 Å². The van der Waals surface area contributed by atoms with Gasteiger partial charge in [-0.2, -0.15) is 4.57 Å². The molecule has 0 radical (unpaired) electrons. The molecule has 1 heterocycles. The van der Waals surface area contributed by atoms with Crippen LogP contribution in [0.3, 0.4) is 0 Å². The summed E-state index contributed by atoms with van der Waals surface area (Å²) >= 11 is 0. The average Bonchev–Trinajstić information content (AvgIpc) is 2.39. The Morgan fingerprint density at radius 1 is 0.889 bits per heavy atom. The number of pyridine rings is 1. The molecule has 2 aromatic carbocycles. The number of aromatic nitrogens is 1. The third kappa shape index (κ3) is 2.21. The molecule has 0 unspecified atom stereocenters. The Morgan fingerprint density at radius 2 is 1.67 bits per heavy atom. The van der Waals surface area contributed by atoms with Crippen LogP contribution in [0.4, 0.5) is 0 Å². The van der Waals surface area contributed by atoms with Crippen LogP contribution < -0.4 is 28.5 Å². The highest BCUT2D eigenvalue weighted by Crippen LogP contribution is 2.22. The molecule has 1 nitrogen and oxygen atoms in total. The lowest BCUT2D eigenvalue weighted by molar-refractivity contribution is -0.671. The molecule has 0 N–H and O–H groups in total. The van der Waals surface area contributed by atoms with Crippen LogP contribution in [0.1, 0.15) is 13.3 Å². The molecule has 0 atom stereocenters. The predicted molar refractivity (Wildman–Crippen MR) is 71.9 cm³/mol. The SMILES string of the molecule is CCC[n+]1cccc2c3ccccc3ccc21.[I-]. The van der Waals surface area contributed by atoms with Crippen molar-refractivity contribution in [2.24, 2.45) is 0 Å². The van der Waals surface area contributed by atoms with Crippen LogP contribution in [0.15, 0.2) is 54.7 Å². The van der Waals surface area contributed by atoms with E-state index in [1.165, 1.54) is 21.7 Å². The number of nitrogens with zero attached hydrogens (tertiary/aromatic N) is 1. The van der Waals surface area contributed by atoms with E-state index in [2.05, 4.69) is 66.2 Å². The van der Waals surface area contributed by atoms with Crippen LogP contribution in [-0.2, 0) is 6.54 Å². The average molecular weight is 349 g/mol. The summed E-state index contributed by atoms with van der Waals surface area (Å²) in [7, 11) is 0. The Morgan fingerprint density at radius 3 is 2.50 bits per heavy atom. The molecule has 1 aromatic heterocycles. The molecule has 3 rings (SSSR count). The highest BCUT2D eigenvalue weighted by molar-refractivity contribution is 6.04. The molecule has 92 valence electrons. The zero-order chi connectivity index (χ0) is 11.7. The monoisotopic (exact) mass is 349 g/mol. The van der Waals surface area contributed by atoms with Gasteiger partial charge in [0.25, 0.3) is 0 Å². The quantitative estimate of drug-likeness (QED) is 0.364. The zero-order valence-corrected chi connectivity index (χ0v) is 12.6. The van der Waals surface area contributed by atoms with Gasteiger partial charge in [-0.05, 0) is 22.9 Å². The van der Waals surface area contributed by atoms with Gasteiger partial charge in [-0.3, -0.25) is 0 Å². The minimum Gasteiger partial charge on any atom is -1.00 e. The number of aryl methyl sites for hydroxylation is 1. The third-order valence-corrected chi connectivity index (χ3v) is 3.25. The van der Waals surface area contributed by atoms with Gasteiger partial charge in [-0.25, -0.2) is 0 Å².